The number of para-hydroxylation sites is 1. The molecule has 0 aliphatic heterocycles. The quantitative estimate of drug-likeness (QED) is 0.575. The molecule has 0 aliphatic carbocycles. The highest BCUT2D eigenvalue weighted by Gasteiger charge is 2.14. The largest absolute Gasteiger partial charge is 0.376 e. The van der Waals surface area contributed by atoms with Gasteiger partial charge in [-0.25, -0.2) is 4.98 Å². The van der Waals surface area contributed by atoms with Crippen LogP contribution >= 0.6 is 22.9 Å². The second kappa shape index (κ2) is 9.24. The van der Waals surface area contributed by atoms with E-state index in [9.17, 15) is 9.59 Å². The van der Waals surface area contributed by atoms with Crippen LogP contribution in [0.15, 0.2) is 42.5 Å². The molecule has 2 aromatic carbocycles. The summed E-state index contributed by atoms with van der Waals surface area (Å²) in [5.41, 5.74) is 2.33. The predicted octanol–water partition coefficient (Wildman–Crippen LogP) is 4.58. The second-order valence-corrected chi connectivity index (χ2v) is 8.49. The van der Waals surface area contributed by atoms with Crippen LogP contribution in [0, 0.1) is 0 Å². The Morgan fingerprint density at radius 3 is 2.69 bits per heavy atom. The number of aromatic nitrogens is 1. The lowest BCUT2D eigenvalue weighted by Gasteiger charge is -2.18. The van der Waals surface area contributed by atoms with Crippen LogP contribution in [0.3, 0.4) is 0 Å². The highest BCUT2D eigenvalue weighted by molar-refractivity contribution is 7.18. The van der Waals surface area contributed by atoms with Crippen LogP contribution in [0.25, 0.3) is 10.2 Å². The smallest absolute Gasteiger partial charge is 0.244 e. The molecule has 0 radical (unpaired) electrons. The minimum absolute atomic E-state index is 0.0582. The summed E-state index contributed by atoms with van der Waals surface area (Å²) < 4.78 is 1.08. The Labute approximate surface area is 178 Å². The van der Waals surface area contributed by atoms with E-state index < -0.39 is 0 Å². The van der Waals surface area contributed by atoms with E-state index in [4.69, 9.17) is 11.6 Å². The molecular formula is C21H23ClN4O2S. The average Bonchev–Trinajstić information content (AvgIpc) is 3.11. The maximum atomic E-state index is 12.4. The van der Waals surface area contributed by atoms with Crippen LogP contribution in [0.1, 0.15) is 24.8 Å². The zero-order chi connectivity index (χ0) is 21.0. The van der Waals surface area contributed by atoms with Gasteiger partial charge in [-0.2, -0.15) is 0 Å². The maximum Gasteiger partial charge on any atom is 0.244 e. The molecule has 0 fully saturated rings. The third kappa shape index (κ3) is 5.46. The summed E-state index contributed by atoms with van der Waals surface area (Å²) in [6.45, 7) is 4.27. The lowest BCUT2D eigenvalue weighted by molar-refractivity contribution is -0.131. The van der Waals surface area contributed by atoms with Crippen LogP contribution in [-0.2, 0) is 9.59 Å². The van der Waals surface area contributed by atoms with Crippen molar-refractivity contribution in [2.45, 2.75) is 19.8 Å². The van der Waals surface area contributed by atoms with E-state index in [1.54, 1.807) is 42.6 Å². The average molecular weight is 431 g/mol. The number of carbonyl (C=O) groups excluding carboxylic acids is 2. The summed E-state index contributed by atoms with van der Waals surface area (Å²) in [7, 11) is 1.59. The first-order valence-corrected chi connectivity index (χ1v) is 10.5. The Balaban J connectivity index is 1.53. The van der Waals surface area contributed by atoms with Crippen LogP contribution in [0.2, 0.25) is 5.02 Å². The van der Waals surface area contributed by atoms with E-state index in [1.807, 2.05) is 18.2 Å². The van der Waals surface area contributed by atoms with Crippen LogP contribution in [0.4, 0.5) is 11.4 Å². The fraction of sp³-hybridized carbons (Fsp3) is 0.286. The lowest BCUT2D eigenvalue weighted by atomic mass is 10.2. The van der Waals surface area contributed by atoms with Gasteiger partial charge in [0.15, 0.2) is 0 Å². The number of benzene rings is 2. The van der Waals surface area contributed by atoms with Crippen molar-refractivity contribution >= 4 is 56.3 Å². The van der Waals surface area contributed by atoms with Crippen molar-refractivity contribution < 1.29 is 9.59 Å². The number of hydrogen-bond acceptors (Lipinski definition) is 5. The van der Waals surface area contributed by atoms with Crippen LogP contribution in [0.5, 0.6) is 0 Å². The summed E-state index contributed by atoms with van der Waals surface area (Å²) in [4.78, 5) is 30.5. The molecule has 3 aromatic rings. The van der Waals surface area contributed by atoms with Crippen molar-refractivity contribution in [3.63, 3.8) is 0 Å². The first kappa shape index (κ1) is 21.1. The van der Waals surface area contributed by atoms with Gasteiger partial charge in [0.05, 0.1) is 39.0 Å². The predicted molar refractivity (Wildman–Crippen MR) is 120 cm³/mol. The molecule has 3 rings (SSSR count). The minimum atomic E-state index is -0.304. The van der Waals surface area contributed by atoms with Crippen molar-refractivity contribution in [3.05, 3.63) is 52.5 Å². The normalized spacial score (nSPS) is 10.9. The number of halogens is 1. The van der Waals surface area contributed by atoms with Gasteiger partial charge in [0, 0.05) is 18.7 Å². The highest BCUT2D eigenvalue weighted by Crippen LogP contribution is 2.29. The van der Waals surface area contributed by atoms with Gasteiger partial charge in [0.25, 0.3) is 0 Å². The third-order valence-corrected chi connectivity index (χ3v) is 5.95. The van der Waals surface area contributed by atoms with Crippen molar-refractivity contribution in [2.24, 2.45) is 0 Å². The SMILES string of the molecule is CC(C)c1nc2ccc(NCC(=O)N(C)CC(=O)Nc3ccccc3Cl)cc2s1. The van der Waals surface area contributed by atoms with E-state index in [1.165, 1.54) is 4.90 Å². The monoisotopic (exact) mass is 430 g/mol. The molecule has 2 amide bonds. The number of likely N-dealkylation sites (N-methyl/N-ethyl adjacent to an activating group) is 1. The Bertz CT molecular complexity index is 1030. The van der Waals surface area contributed by atoms with Gasteiger partial charge >= 0.3 is 0 Å². The second-order valence-electron chi connectivity index (χ2n) is 7.02. The van der Waals surface area contributed by atoms with Gasteiger partial charge < -0.3 is 15.5 Å². The number of amides is 2. The third-order valence-electron chi connectivity index (χ3n) is 4.30. The molecule has 1 aromatic heterocycles. The minimum Gasteiger partial charge on any atom is -0.376 e. The number of hydrogen-bond donors (Lipinski definition) is 2. The van der Waals surface area contributed by atoms with Gasteiger partial charge in [0.2, 0.25) is 11.8 Å². The molecule has 0 bridgehead atoms. The van der Waals surface area contributed by atoms with Crippen molar-refractivity contribution in [3.8, 4) is 0 Å². The molecule has 0 unspecified atom stereocenters. The van der Waals surface area contributed by atoms with Crippen LogP contribution < -0.4 is 10.6 Å². The van der Waals surface area contributed by atoms with E-state index in [0.717, 1.165) is 20.9 Å². The molecule has 0 atom stereocenters. The van der Waals surface area contributed by atoms with Crippen LogP contribution in [-0.4, -0.2) is 41.8 Å². The van der Waals surface area contributed by atoms with Gasteiger partial charge in [-0.3, -0.25) is 9.59 Å². The topological polar surface area (TPSA) is 74.3 Å². The number of anilines is 2. The molecule has 0 aliphatic rings. The molecule has 152 valence electrons. The molecule has 1 heterocycles. The van der Waals surface area contributed by atoms with E-state index in [-0.39, 0.29) is 24.9 Å². The maximum absolute atomic E-state index is 12.4. The van der Waals surface area contributed by atoms with Crippen molar-refractivity contribution in [1.82, 2.24) is 9.88 Å². The summed E-state index contributed by atoms with van der Waals surface area (Å²) in [5, 5.41) is 7.38. The van der Waals surface area contributed by atoms with Crippen molar-refractivity contribution in [1.29, 1.82) is 0 Å². The number of rotatable bonds is 7. The summed E-state index contributed by atoms with van der Waals surface area (Å²) in [6.07, 6.45) is 0. The molecule has 0 spiro atoms. The summed E-state index contributed by atoms with van der Waals surface area (Å²) >= 11 is 7.70. The highest BCUT2D eigenvalue weighted by atomic mass is 35.5. The van der Waals surface area contributed by atoms with Gasteiger partial charge in [0.1, 0.15) is 0 Å². The molecule has 2 N–H and O–H groups in total. The number of fused-ring (bicyclic) bond motifs is 1. The van der Waals surface area contributed by atoms with E-state index in [2.05, 4.69) is 29.5 Å². The summed E-state index contributed by atoms with van der Waals surface area (Å²) in [6, 6.07) is 12.8. The standard InChI is InChI=1S/C21H23ClN4O2S/c1-13(2)21-25-17-9-8-14(10-18(17)29-21)23-11-20(28)26(3)12-19(27)24-16-7-5-4-6-15(16)22/h4-10,13,23H,11-12H2,1-3H3,(H,24,27). The first-order chi connectivity index (χ1) is 13.8. The molecule has 8 heteroatoms. The Morgan fingerprint density at radius 1 is 1.21 bits per heavy atom. The van der Waals surface area contributed by atoms with Gasteiger partial charge in [-0.1, -0.05) is 37.6 Å². The zero-order valence-electron chi connectivity index (χ0n) is 16.5. The van der Waals surface area contributed by atoms with Gasteiger partial charge in [-0.15, -0.1) is 11.3 Å². The molecule has 0 saturated carbocycles. The Kier molecular flexibility index (Phi) is 6.71. The Morgan fingerprint density at radius 2 is 1.97 bits per heavy atom. The molecular weight excluding hydrogens is 408 g/mol. The lowest BCUT2D eigenvalue weighted by Crippen LogP contribution is -2.38. The zero-order valence-corrected chi connectivity index (χ0v) is 18.1. The Hall–Kier alpha value is -2.64. The van der Waals surface area contributed by atoms with Crippen molar-refractivity contribution in [2.75, 3.05) is 30.8 Å². The fourth-order valence-corrected chi connectivity index (χ4v) is 3.86. The van der Waals surface area contributed by atoms with E-state index >= 15 is 0 Å². The molecule has 29 heavy (non-hydrogen) atoms. The molecule has 0 saturated heterocycles. The number of carbonyl (C=O) groups is 2. The number of nitrogens with one attached hydrogen (secondary N) is 2. The first-order valence-electron chi connectivity index (χ1n) is 9.26. The molecule has 6 nitrogen and oxygen atoms in total. The van der Waals surface area contributed by atoms with E-state index in [0.29, 0.717) is 16.6 Å². The fourth-order valence-electron chi connectivity index (χ4n) is 2.67. The number of thiazole rings is 1. The summed E-state index contributed by atoms with van der Waals surface area (Å²) in [5.74, 6) is -0.108. The number of nitrogens with zero attached hydrogens (tertiary/aromatic N) is 2. The van der Waals surface area contributed by atoms with Gasteiger partial charge in [-0.05, 0) is 30.3 Å².